The minimum atomic E-state index is -0.511. The highest BCUT2D eigenvalue weighted by Crippen LogP contribution is 2.53. The quantitative estimate of drug-likeness (QED) is 0.554. The maximum absolute atomic E-state index is 6.27. The van der Waals surface area contributed by atoms with E-state index < -0.39 is 5.79 Å². The number of terminal acetylenes is 1. The first-order valence-corrected chi connectivity index (χ1v) is 6.63. The van der Waals surface area contributed by atoms with Crippen LogP contribution in [0.5, 0.6) is 0 Å². The molecule has 0 aromatic carbocycles. The second kappa shape index (κ2) is 4.09. The summed E-state index contributed by atoms with van der Waals surface area (Å²) in [6.07, 6.45) is 11.5. The van der Waals surface area contributed by atoms with Gasteiger partial charge in [-0.05, 0) is 31.3 Å². The molecule has 2 heterocycles. The maximum Gasteiger partial charge on any atom is 0.169 e. The average Bonchev–Trinajstić information content (AvgIpc) is 2.82. The number of methoxy groups -OCH3 is 1. The molecule has 3 rings (SSSR count). The molecule has 3 heteroatoms. The summed E-state index contributed by atoms with van der Waals surface area (Å²) in [5, 5.41) is 0. The Bertz CT molecular complexity index is 422. The van der Waals surface area contributed by atoms with Gasteiger partial charge in [0.05, 0.1) is 12.7 Å². The molecular weight excluding hydrogens is 228 g/mol. The van der Waals surface area contributed by atoms with E-state index in [4.69, 9.17) is 20.6 Å². The summed E-state index contributed by atoms with van der Waals surface area (Å²) in [5.74, 6) is 2.72. The molecule has 18 heavy (non-hydrogen) atoms. The molecule has 0 N–H and O–H groups in total. The highest BCUT2D eigenvalue weighted by molar-refractivity contribution is 5.31. The largest absolute Gasteiger partial charge is 0.370 e. The first kappa shape index (κ1) is 12.2. The van der Waals surface area contributed by atoms with E-state index in [1.807, 2.05) is 6.92 Å². The third-order valence-corrected chi connectivity index (χ3v) is 4.59. The SMILES string of the molecule is C#CC[C@@H]1C=C2CO[C@H]3C[C@](C)(OC)OC23CC1. The molecule has 2 saturated heterocycles. The zero-order valence-electron chi connectivity index (χ0n) is 11.1. The van der Waals surface area contributed by atoms with Crippen LogP contribution in [0.25, 0.3) is 0 Å². The highest BCUT2D eigenvalue weighted by Gasteiger charge is 2.60. The van der Waals surface area contributed by atoms with Gasteiger partial charge >= 0.3 is 0 Å². The van der Waals surface area contributed by atoms with Gasteiger partial charge in [-0.2, -0.15) is 0 Å². The monoisotopic (exact) mass is 248 g/mol. The molecule has 4 atom stereocenters. The van der Waals surface area contributed by atoms with E-state index in [-0.39, 0.29) is 11.7 Å². The van der Waals surface area contributed by atoms with Gasteiger partial charge in [0.15, 0.2) is 5.79 Å². The van der Waals surface area contributed by atoms with Gasteiger partial charge in [0.25, 0.3) is 0 Å². The Labute approximate surface area is 108 Å². The first-order chi connectivity index (χ1) is 8.62. The lowest BCUT2D eigenvalue weighted by Crippen LogP contribution is -2.41. The van der Waals surface area contributed by atoms with Crippen molar-refractivity contribution in [1.29, 1.82) is 0 Å². The minimum Gasteiger partial charge on any atom is -0.370 e. The molecule has 3 aliphatic rings. The zero-order valence-corrected chi connectivity index (χ0v) is 11.1. The van der Waals surface area contributed by atoms with Crippen molar-refractivity contribution in [2.75, 3.05) is 13.7 Å². The van der Waals surface area contributed by atoms with Crippen molar-refractivity contribution in [3.63, 3.8) is 0 Å². The number of hydrogen-bond donors (Lipinski definition) is 0. The van der Waals surface area contributed by atoms with Crippen LogP contribution in [0.3, 0.4) is 0 Å². The second-order valence-electron chi connectivity index (χ2n) is 5.73. The Morgan fingerprint density at radius 1 is 1.61 bits per heavy atom. The summed E-state index contributed by atoms with van der Waals surface area (Å²) < 4.78 is 17.7. The lowest BCUT2D eigenvalue weighted by atomic mass is 9.77. The molecule has 1 aliphatic carbocycles. The van der Waals surface area contributed by atoms with Crippen LogP contribution in [0.15, 0.2) is 11.6 Å². The topological polar surface area (TPSA) is 27.7 Å². The summed E-state index contributed by atoms with van der Waals surface area (Å²) in [5.41, 5.74) is 1.04. The Morgan fingerprint density at radius 3 is 3.17 bits per heavy atom. The third kappa shape index (κ3) is 1.64. The first-order valence-electron chi connectivity index (χ1n) is 6.63. The molecule has 1 unspecified atom stereocenters. The normalized spacial score (nSPS) is 46.2. The smallest absolute Gasteiger partial charge is 0.169 e. The van der Waals surface area contributed by atoms with Crippen molar-refractivity contribution in [1.82, 2.24) is 0 Å². The van der Waals surface area contributed by atoms with Crippen LogP contribution in [0, 0.1) is 18.3 Å². The summed E-state index contributed by atoms with van der Waals surface area (Å²) in [7, 11) is 1.70. The molecule has 0 amide bonds. The number of hydrogen-bond acceptors (Lipinski definition) is 3. The molecule has 98 valence electrons. The van der Waals surface area contributed by atoms with Gasteiger partial charge in [-0.15, -0.1) is 12.3 Å². The standard InChI is InChI=1S/C15H20O3/c1-4-5-11-6-7-15-12(8-11)10-17-13(15)9-14(2,16-3)18-15/h1,8,11,13H,5-7,9-10H2,2-3H3/t11-,13-,14+,15?/m0/s1. The lowest BCUT2D eigenvalue weighted by Gasteiger charge is -2.36. The average molecular weight is 248 g/mol. The lowest BCUT2D eigenvalue weighted by molar-refractivity contribution is -0.221. The van der Waals surface area contributed by atoms with Crippen molar-refractivity contribution in [2.45, 2.75) is 50.1 Å². The predicted molar refractivity (Wildman–Crippen MR) is 67.8 cm³/mol. The van der Waals surface area contributed by atoms with E-state index in [2.05, 4.69) is 12.0 Å². The molecule has 2 aliphatic heterocycles. The fourth-order valence-corrected chi connectivity index (χ4v) is 3.54. The molecule has 0 aromatic heterocycles. The number of allylic oxidation sites excluding steroid dienone is 1. The minimum absolute atomic E-state index is 0.139. The van der Waals surface area contributed by atoms with Crippen molar-refractivity contribution in [3.05, 3.63) is 11.6 Å². The van der Waals surface area contributed by atoms with E-state index in [1.54, 1.807) is 7.11 Å². The molecule has 0 aromatic rings. The van der Waals surface area contributed by atoms with Crippen molar-refractivity contribution >= 4 is 0 Å². The zero-order chi connectivity index (χ0) is 12.8. The second-order valence-corrected chi connectivity index (χ2v) is 5.73. The van der Waals surface area contributed by atoms with Crippen molar-refractivity contribution in [3.8, 4) is 12.3 Å². The molecule has 0 radical (unpaired) electrons. The van der Waals surface area contributed by atoms with Crippen LogP contribution >= 0.6 is 0 Å². The van der Waals surface area contributed by atoms with Gasteiger partial charge in [0, 0.05) is 20.0 Å². The molecule has 3 nitrogen and oxygen atoms in total. The van der Waals surface area contributed by atoms with Gasteiger partial charge in [-0.1, -0.05) is 6.08 Å². The fraction of sp³-hybridized carbons (Fsp3) is 0.733. The molecule has 0 saturated carbocycles. The predicted octanol–water partition coefficient (Wildman–Crippen LogP) is 2.27. The van der Waals surface area contributed by atoms with Crippen LogP contribution < -0.4 is 0 Å². The van der Waals surface area contributed by atoms with Crippen molar-refractivity contribution < 1.29 is 14.2 Å². The van der Waals surface area contributed by atoms with E-state index in [0.717, 1.165) is 25.7 Å². The van der Waals surface area contributed by atoms with Crippen LogP contribution in [-0.2, 0) is 14.2 Å². The van der Waals surface area contributed by atoms with Crippen molar-refractivity contribution in [2.24, 2.45) is 5.92 Å². The Kier molecular flexibility index (Phi) is 2.78. The van der Waals surface area contributed by atoms with E-state index in [1.165, 1.54) is 5.57 Å². The maximum atomic E-state index is 6.27. The molecule has 0 bridgehead atoms. The van der Waals surface area contributed by atoms with Crippen LogP contribution in [0.1, 0.15) is 32.6 Å². The van der Waals surface area contributed by atoms with Gasteiger partial charge in [0.1, 0.15) is 5.60 Å². The van der Waals surface area contributed by atoms with Gasteiger partial charge in [-0.3, -0.25) is 0 Å². The molecular formula is C15H20O3. The van der Waals surface area contributed by atoms with E-state index in [0.29, 0.717) is 12.5 Å². The summed E-state index contributed by atoms with van der Waals surface area (Å²) in [4.78, 5) is 0. The van der Waals surface area contributed by atoms with Crippen LogP contribution in [0.4, 0.5) is 0 Å². The Morgan fingerprint density at radius 2 is 2.44 bits per heavy atom. The van der Waals surface area contributed by atoms with Gasteiger partial charge in [0.2, 0.25) is 0 Å². The van der Waals surface area contributed by atoms with E-state index in [9.17, 15) is 0 Å². The molecule has 1 spiro atoms. The Balaban J connectivity index is 1.88. The highest BCUT2D eigenvalue weighted by atomic mass is 16.7. The summed E-state index contributed by atoms with van der Waals surface area (Å²) in [6.45, 7) is 2.68. The van der Waals surface area contributed by atoms with E-state index >= 15 is 0 Å². The summed E-state index contributed by atoms with van der Waals surface area (Å²) in [6, 6.07) is 0. The third-order valence-electron chi connectivity index (χ3n) is 4.59. The van der Waals surface area contributed by atoms with Gasteiger partial charge in [-0.25, -0.2) is 0 Å². The van der Waals surface area contributed by atoms with Crippen LogP contribution in [0.2, 0.25) is 0 Å². The fourth-order valence-electron chi connectivity index (χ4n) is 3.54. The Hall–Kier alpha value is -0.820. The number of rotatable bonds is 2. The van der Waals surface area contributed by atoms with Crippen LogP contribution in [-0.4, -0.2) is 31.2 Å². The van der Waals surface area contributed by atoms with Gasteiger partial charge < -0.3 is 14.2 Å². The molecule has 2 fully saturated rings. The number of ether oxygens (including phenoxy) is 3. The summed E-state index contributed by atoms with van der Waals surface area (Å²) >= 11 is 0.